The van der Waals surface area contributed by atoms with Crippen molar-refractivity contribution in [2.24, 2.45) is 11.7 Å². The minimum absolute atomic E-state index is 0.0896. The van der Waals surface area contributed by atoms with E-state index in [1.807, 2.05) is 0 Å². The van der Waals surface area contributed by atoms with Crippen LogP contribution in [0.25, 0.3) is 0 Å². The Balaban J connectivity index is 2.28. The minimum atomic E-state index is -0.372. The highest BCUT2D eigenvalue weighted by Gasteiger charge is 2.46. The number of thiazole rings is 1. The van der Waals surface area contributed by atoms with Gasteiger partial charge < -0.3 is 10.5 Å². The Bertz CT molecular complexity index is 392. The van der Waals surface area contributed by atoms with Crippen LogP contribution in [0, 0.1) is 5.92 Å². The van der Waals surface area contributed by atoms with Gasteiger partial charge in [-0.3, -0.25) is 0 Å². The molecule has 4 heteroatoms. The molecule has 1 saturated carbocycles. The van der Waals surface area contributed by atoms with E-state index >= 15 is 0 Å². The van der Waals surface area contributed by atoms with Crippen LogP contribution in [-0.2, 0) is 15.7 Å². The largest absolute Gasteiger partial charge is 0.382 e. The normalized spacial score (nSPS) is 20.3. The lowest BCUT2D eigenvalue weighted by Crippen LogP contribution is -2.43. The molecular formula is C13H22N2OS. The highest BCUT2D eigenvalue weighted by Crippen LogP contribution is 2.45. The fraction of sp³-hybridized carbons (Fsp3) is 0.769. The molecular weight excluding hydrogens is 232 g/mol. The fourth-order valence-corrected chi connectivity index (χ4v) is 3.25. The molecule has 0 bridgehead atoms. The van der Waals surface area contributed by atoms with Crippen LogP contribution in [-0.4, -0.2) is 18.7 Å². The lowest BCUT2D eigenvalue weighted by atomic mass is 9.92. The van der Waals surface area contributed by atoms with E-state index in [1.54, 1.807) is 18.4 Å². The van der Waals surface area contributed by atoms with E-state index in [4.69, 9.17) is 15.5 Å². The second kappa shape index (κ2) is 4.34. The third-order valence-electron chi connectivity index (χ3n) is 3.36. The lowest BCUT2D eigenvalue weighted by Gasteiger charge is -2.26. The third-order valence-corrected chi connectivity index (χ3v) is 4.40. The maximum Gasteiger partial charge on any atom is 0.115 e. The predicted octanol–water partition coefficient (Wildman–Crippen LogP) is 2.65. The molecule has 0 saturated heterocycles. The Morgan fingerprint density at radius 3 is 2.53 bits per heavy atom. The van der Waals surface area contributed by atoms with Crippen LogP contribution in [0.3, 0.4) is 0 Å². The van der Waals surface area contributed by atoms with Crippen molar-refractivity contribution in [1.29, 1.82) is 0 Å². The summed E-state index contributed by atoms with van der Waals surface area (Å²) in [5, 5.41) is 3.17. The first kappa shape index (κ1) is 13.0. The minimum Gasteiger partial charge on any atom is -0.382 e. The van der Waals surface area contributed by atoms with Gasteiger partial charge >= 0.3 is 0 Å². The Hall–Kier alpha value is -0.450. The number of hydrogen-bond acceptors (Lipinski definition) is 4. The molecule has 1 atom stereocenters. The van der Waals surface area contributed by atoms with Gasteiger partial charge in [-0.1, -0.05) is 20.8 Å². The zero-order valence-electron chi connectivity index (χ0n) is 11.1. The third kappa shape index (κ3) is 2.54. The summed E-state index contributed by atoms with van der Waals surface area (Å²) >= 11 is 1.68. The molecule has 1 aliphatic carbocycles. The van der Waals surface area contributed by atoms with E-state index in [0.29, 0.717) is 12.5 Å². The molecule has 17 heavy (non-hydrogen) atoms. The van der Waals surface area contributed by atoms with Gasteiger partial charge in [-0.25, -0.2) is 4.98 Å². The van der Waals surface area contributed by atoms with Crippen LogP contribution in [0.5, 0.6) is 0 Å². The smallest absolute Gasteiger partial charge is 0.115 e. The molecule has 3 nitrogen and oxygen atoms in total. The standard InChI is InChI=1S/C13H22N2OS/c1-12(2,3)10-7-17-11(15-10)13(14,8-16-4)9-5-6-9/h7,9H,5-6,8,14H2,1-4H3. The number of ether oxygens (including phenoxy) is 1. The van der Waals surface area contributed by atoms with Crippen LogP contribution >= 0.6 is 11.3 Å². The molecule has 1 fully saturated rings. The van der Waals surface area contributed by atoms with E-state index < -0.39 is 0 Å². The molecule has 1 heterocycles. The van der Waals surface area contributed by atoms with Crippen LogP contribution in [0.1, 0.15) is 44.3 Å². The Labute approximate surface area is 107 Å². The van der Waals surface area contributed by atoms with Gasteiger partial charge in [-0.15, -0.1) is 11.3 Å². The zero-order valence-corrected chi connectivity index (χ0v) is 11.9. The molecule has 96 valence electrons. The summed E-state index contributed by atoms with van der Waals surface area (Å²) in [5.41, 5.74) is 7.36. The van der Waals surface area contributed by atoms with Gasteiger partial charge in [0.2, 0.25) is 0 Å². The van der Waals surface area contributed by atoms with Crippen molar-refractivity contribution in [2.75, 3.05) is 13.7 Å². The summed E-state index contributed by atoms with van der Waals surface area (Å²) in [5.74, 6) is 0.543. The topological polar surface area (TPSA) is 48.1 Å². The Morgan fingerprint density at radius 2 is 2.12 bits per heavy atom. The van der Waals surface area contributed by atoms with Crippen LogP contribution < -0.4 is 5.73 Å². The molecule has 0 radical (unpaired) electrons. The number of nitrogens with two attached hydrogens (primary N) is 1. The van der Waals surface area contributed by atoms with E-state index in [1.165, 1.54) is 12.8 Å². The first-order valence-electron chi connectivity index (χ1n) is 6.12. The van der Waals surface area contributed by atoms with Gasteiger partial charge in [0, 0.05) is 17.9 Å². The predicted molar refractivity (Wildman–Crippen MR) is 71.3 cm³/mol. The number of hydrogen-bond donors (Lipinski definition) is 1. The number of rotatable bonds is 4. The van der Waals surface area contributed by atoms with Crippen molar-refractivity contribution in [2.45, 2.75) is 44.6 Å². The van der Waals surface area contributed by atoms with Crippen molar-refractivity contribution in [3.63, 3.8) is 0 Å². The summed E-state index contributed by atoms with van der Waals surface area (Å²) in [6, 6.07) is 0. The first-order valence-corrected chi connectivity index (χ1v) is 7.00. The molecule has 1 unspecified atom stereocenters. The second-order valence-corrected chi connectivity index (χ2v) is 6.89. The summed E-state index contributed by atoms with van der Waals surface area (Å²) in [6.07, 6.45) is 2.40. The molecule has 0 amide bonds. The van der Waals surface area contributed by atoms with Crippen molar-refractivity contribution >= 4 is 11.3 Å². The summed E-state index contributed by atoms with van der Waals surface area (Å²) in [6.45, 7) is 7.10. The Morgan fingerprint density at radius 1 is 1.47 bits per heavy atom. The lowest BCUT2D eigenvalue weighted by molar-refractivity contribution is 0.118. The molecule has 0 spiro atoms. The fourth-order valence-electron chi connectivity index (χ4n) is 2.02. The van der Waals surface area contributed by atoms with Crippen molar-refractivity contribution in [3.8, 4) is 0 Å². The number of methoxy groups -OCH3 is 1. The van der Waals surface area contributed by atoms with Crippen molar-refractivity contribution < 1.29 is 4.74 Å². The van der Waals surface area contributed by atoms with Crippen LogP contribution in [0.2, 0.25) is 0 Å². The summed E-state index contributed by atoms with van der Waals surface area (Å²) in [7, 11) is 1.71. The first-order chi connectivity index (χ1) is 7.88. The van der Waals surface area contributed by atoms with Crippen molar-refractivity contribution in [1.82, 2.24) is 4.98 Å². The van der Waals surface area contributed by atoms with Crippen molar-refractivity contribution in [3.05, 3.63) is 16.1 Å². The van der Waals surface area contributed by atoms with Gasteiger partial charge in [-0.05, 0) is 18.8 Å². The SMILES string of the molecule is COCC(N)(c1nc(C(C)(C)C)cs1)C1CC1. The average Bonchev–Trinajstić information content (AvgIpc) is 2.94. The maximum absolute atomic E-state index is 6.51. The van der Waals surface area contributed by atoms with E-state index in [0.717, 1.165) is 10.7 Å². The summed E-state index contributed by atoms with van der Waals surface area (Å²) < 4.78 is 5.30. The molecule has 0 aliphatic heterocycles. The second-order valence-electron chi connectivity index (χ2n) is 6.04. The molecule has 2 rings (SSSR count). The number of aromatic nitrogens is 1. The number of nitrogens with zero attached hydrogens (tertiary/aromatic N) is 1. The summed E-state index contributed by atoms with van der Waals surface area (Å²) in [4.78, 5) is 4.75. The van der Waals surface area contributed by atoms with Gasteiger partial charge in [-0.2, -0.15) is 0 Å². The highest BCUT2D eigenvalue weighted by molar-refractivity contribution is 7.09. The van der Waals surface area contributed by atoms with Gasteiger partial charge in [0.15, 0.2) is 0 Å². The van der Waals surface area contributed by atoms with Gasteiger partial charge in [0.25, 0.3) is 0 Å². The quantitative estimate of drug-likeness (QED) is 0.898. The Kier molecular flexibility index (Phi) is 3.31. The van der Waals surface area contributed by atoms with Gasteiger partial charge in [0.05, 0.1) is 17.8 Å². The molecule has 2 N–H and O–H groups in total. The zero-order chi connectivity index (χ0) is 12.7. The van der Waals surface area contributed by atoms with Crippen LogP contribution in [0.15, 0.2) is 5.38 Å². The van der Waals surface area contributed by atoms with Gasteiger partial charge in [0.1, 0.15) is 5.01 Å². The maximum atomic E-state index is 6.51. The van der Waals surface area contributed by atoms with E-state index in [-0.39, 0.29) is 11.0 Å². The highest BCUT2D eigenvalue weighted by atomic mass is 32.1. The monoisotopic (exact) mass is 254 g/mol. The molecule has 1 aromatic heterocycles. The van der Waals surface area contributed by atoms with Crippen LogP contribution in [0.4, 0.5) is 0 Å². The van der Waals surface area contributed by atoms with E-state index in [9.17, 15) is 0 Å². The molecule has 1 aliphatic rings. The average molecular weight is 254 g/mol. The molecule has 0 aromatic carbocycles. The molecule has 1 aromatic rings. The van der Waals surface area contributed by atoms with E-state index in [2.05, 4.69) is 26.2 Å².